The van der Waals surface area contributed by atoms with Gasteiger partial charge in [0.05, 0.1) is 7.11 Å². The van der Waals surface area contributed by atoms with Gasteiger partial charge in [0.2, 0.25) is 11.9 Å². The molecule has 2 N–H and O–H groups in total. The van der Waals surface area contributed by atoms with E-state index in [9.17, 15) is 0 Å². The first-order valence-corrected chi connectivity index (χ1v) is 7.90. The zero-order valence-electron chi connectivity index (χ0n) is 13.0. The van der Waals surface area contributed by atoms with Crippen LogP contribution in [0.2, 0.25) is 0 Å². The molecule has 0 atom stereocenters. The molecule has 2 saturated carbocycles. The SMILES string of the molecule is COc1ccccc1Oc1nc(NC2CC2)nc(NC2CC2)n1. The fourth-order valence-corrected chi connectivity index (χ4v) is 2.15. The third kappa shape index (κ3) is 3.61. The van der Waals surface area contributed by atoms with Crippen molar-refractivity contribution in [2.45, 2.75) is 37.8 Å². The molecule has 1 aromatic carbocycles. The number of ether oxygens (including phenoxy) is 2. The van der Waals surface area contributed by atoms with Crippen LogP contribution in [0.1, 0.15) is 25.7 Å². The van der Waals surface area contributed by atoms with E-state index in [1.165, 1.54) is 0 Å². The van der Waals surface area contributed by atoms with E-state index in [2.05, 4.69) is 25.6 Å². The predicted molar refractivity (Wildman–Crippen MR) is 86.2 cm³/mol. The van der Waals surface area contributed by atoms with E-state index in [1.807, 2.05) is 24.3 Å². The lowest BCUT2D eigenvalue weighted by molar-refractivity contribution is 0.368. The summed E-state index contributed by atoms with van der Waals surface area (Å²) in [5.41, 5.74) is 0. The highest BCUT2D eigenvalue weighted by atomic mass is 16.5. The Hall–Kier alpha value is -2.57. The maximum Gasteiger partial charge on any atom is 0.328 e. The average Bonchev–Trinajstić information content (AvgIpc) is 3.45. The molecule has 2 aliphatic carbocycles. The number of methoxy groups -OCH3 is 1. The molecule has 0 spiro atoms. The first kappa shape index (κ1) is 14.0. The summed E-state index contributed by atoms with van der Waals surface area (Å²) in [5.74, 6) is 2.32. The maximum absolute atomic E-state index is 5.82. The highest BCUT2D eigenvalue weighted by Gasteiger charge is 2.25. The molecule has 0 radical (unpaired) electrons. The molecule has 1 heterocycles. The van der Waals surface area contributed by atoms with Gasteiger partial charge in [-0.05, 0) is 37.8 Å². The minimum atomic E-state index is 0.260. The molecule has 0 amide bonds. The van der Waals surface area contributed by atoms with Gasteiger partial charge in [-0.1, -0.05) is 12.1 Å². The number of aromatic nitrogens is 3. The number of hydrogen-bond acceptors (Lipinski definition) is 7. The minimum absolute atomic E-state index is 0.260. The Morgan fingerprint density at radius 3 is 1.96 bits per heavy atom. The van der Waals surface area contributed by atoms with Crippen LogP contribution in [0.4, 0.5) is 11.9 Å². The average molecular weight is 313 g/mol. The number of nitrogens with one attached hydrogen (secondary N) is 2. The van der Waals surface area contributed by atoms with Crippen molar-refractivity contribution in [1.82, 2.24) is 15.0 Å². The predicted octanol–water partition coefficient (Wildman–Crippen LogP) is 2.82. The number of nitrogens with zero attached hydrogens (tertiary/aromatic N) is 3. The lowest BCUT2D eigenvalue weighted by Gasteiger charge is -2.11. The molecule has 0 bridgehead atoms. The molecular formula is C16H19N5O2. The van der Waals surface area contributed by atoms with Crippen LogP contribution in [-0.2, 0) is 0 Å². The third-order valence-corrected chi connectivity index (χ3v) is 3.71. The van der Waals surface area contributed by atoms with E-state index in [1.54, 1.807) is 7.11 Å². The summed E-state index contributed by atoms with van der Waals surface area (Å²) in [6.45, 7) is 0. The Morgan fingerprint density at radius 1 is 0.870 bits per heavy atom. The highest BCUT2D eigenvalue weighted by molar-refractivity contribution is 5.43. The van der Waals surface area contributed by atoms with Gasteiger partial charge in [0.1, 0.15) is 0 Å². The van der Waals surface area contributed by atoms with Gasteiger partial charge in [-0.2, -0.15) is 15.0 Å². The van der Waals surface area contributed by atoms with Gasteiger partial charge in [-0.3, -0.25) is 0 Å². The number of anilines is 2. The number of benzene rings is 1. The van der Waals surface area contributed by atoms with Gasteiger partial charge in [0, 0.05) is 12.1 Å². The fraction of sp³-hybridized carbons (Fsp3) is 0.438. The Labute approximate surface area is 134 Å². The quantitative estimate of drug-likeness (QED) is 0.813. The lowest BCUT2D eigenvalue weighted by Crippen LogP contribution is -2.12. The maximum atomic E-state index is 5.82. The highest BCUT2D eigenvalue weighted by Crippen LogP contribution is 2.31. The summed E-state index contributed by atoms with van der Waals surface area (Å²) < 4.78 is 11.1. The van der Waals surface area contributed by atoms with Crippen LogP contribution in [-0.4, -0.2) is 34.1 Å². The molecule has 0 saturated heterocycles. The van der Waals surface area contributed by atoms with Crippen molar-refractivity contribution in [2.75, 3.05) is 17.7 Å². The molecule has 7 heteroatoms. The summed E-state index contributed by atoms with van der Waals surface area (Å²) in [6, 6.07) is 8.62. The van der Waals surface area contributed by atoms with Crippen molar-refractivity contribution in [2.24, 2.45) is 0 Å². The molecule has 120 valence electrons. The molecular weight excluding hydrogens is 294 g/mol. The van der Waals surface area contributed by atoms with Crippen molar-refractivity contribution in [1.29, 1.82) is 0 Å². The zero-order valence-corrected chi connectivity index (χ0v) is 13.0. The smallest absolute Gasteiger partial charge is 0.328 e. The summed E-state index contributed by atoms with van der Waals surface area (Å²) in [4.78, 5) is 13.1. The molecule has 2 aromatic rings. The Morgan fingerprint density at radius 2 is 1.43 bits per heavy atom. The Bertz CT molecular complexity index is 668. The van der Waals surface area contributed by atoms with Crippen LogP contribution in [0.15, 0.2) is 24.3 Å². The van der Waals surface area contributed by atoms with Gasteiger partial charge >= 0.3 is 6.01 Å². The summed E-state index contributed by atoms with van der Waals surface area (Å²) in [5, 5.41) is 6.58. The topological polar surface area (TPSA) is 81.2 Å². The Balaban J connectivity index is 1.59. The van der Waals surface area contributed by atoms with Gasteiger partial charge in [0.15, 0.2) is 11.5 Å². The van der Waals surface area contributed by atoms with E-state index in [-0.39, 0.29) is 6.01 Å². The van der Waals surface area contributed by atoms with Gasteiger partial charge in [0.25, 0.3) is 0 Å². The zero-order chi connectivity index (χ0) is 15.6. The van der Waals surface area contributed by atoms with Gasteiger partial charge in [-0.25, -0.2) is 0 Å². The first-order chi connectivity index (χ1) is 11.3. The summed E-state index contributed by atoms with van der Waals surface area (Å²) in [6.07, 6.45) is 4.61. The molecule has 4 rings (SSSR count). The van der Waals surface area contributed by atoms with E-state index in [4.69, 9.17) is 9.47 Å². The number of para-hydroxylation sites is 2. The minimum Gasteiger partial charge on any atom is -0.493 e. The molecule has 2 aliphatic rings. The van der Waals surface area contributed by atoms with Crippen LogP contribution in [0.3, 0.4) is 0 Å². The van der Waals surface area contributed by atoms with Crippen molar-refractivity contribution in [3.8, 4) is 17.5 Å². The van der Waals surface area contributed by atoms with Crippen LogP contribution in [0.5, 0.6) is 17.5 Å². The molecule has 0 unspecified atom stereocenters. The normalized spacial score (nSPS) is 16.7. The second-order valence-corrected chi connectivity index (χ2v) is 5.86. The Kier molecular flexibility index (Phi) is 3.61. The molecule has 2 fully saturated rings. The van der Waals surface area contributed by atoms with Crippen LogP contribution in [0.25, 0.3) is 0 Å². The van der Waals surface area contributed by atoms with Gasteiger partial charge in [-0.15, -0.1) is 0 Å². The van der Waals surface area contributed by atoms with Crippen LogP contribution in [0, 0.1) is 0 Å². The summed E-state index contributed by atoms with van der Waals surface area (Å²) >= 11 is 0. The third-order valence-electron chi connectivity index (χ3n) is 3.71. The van der Waals surface area contributed by atoms with Crippen molar-refractivity contribution < 1.29 is 9.47 Å². The van der Waals surface area contributed by atoms with Crippen LogP contribution < -0.4 is 20.1 Å². The molecule has 0 aliphatic heterocycles. The fourth-order valence-electron chi connectivity index (χ4n) is 2.15. The van der Waals surface area contributed by atoms with Gasteiger partial charge < -0.3 is 20.1 Å². The van der Waals surface area contributed by atoms with Crippen molar-refractivity contribution in [3.05, 3.63) is 24.3 Å². The first-order valence-electron chi connectivity index (χ1n) is 7.90. The summed E-state index contributed by atoms with van der Waals surface area (Å²) in [7, 11) is 1.61. The lowest BCUT2D eigenvalue weighted by atomic mass is 10.3. The number of hydrogen-bond donors (Lipinski definition) is 2. The second-order valence-electron chi connectivity index (χ2n) is 5.86. The van der Waals surface area contributed by atoms with Crippen LogP contribution >= 0.6 is 0 Å². The largest absolute Gasteiger partial charge is 0.493 e. The second kappa shape index (κ2) is 5.91. The standard InChI is InChI=1S/C16H19N5O2/c1-22-12-4-2-3-5-13(12)23-16-20-14(17-10-6-7-10)19-15(21-16)18-11-8-9-11/h2-5,10-11H,6-9H2,1H3,(H2,17,18,19,20,21). The van der Waals surface area contributed by atoms with Crippen molar-refractivity contribution in [3.63, 3.8) is 0 Å². The molecule has 7 nitrogen and oxygen atoms in total. The number of rotatable bonds is 7. The van der Waals surface area contributed by atoms with E-state index in [0.29, 0.717) is 35.5 Å². The van der Waals surface area contributed by atoms with E-state index < -0.39 is 0 Å². The molecule has 1 aromatic heterocycles. The molecule has 23 heavy (non-hydrogen) atoms. The van der Waals surface area contributed by atoms with Crippen molar-refractivity contribution >= 4 is 11.9 Å². The van der Waals surface area contributed by atoms with E-state index in [0.717, 1.165) is 25.7 Å². The van der Waals surface area contributed by atoms with E-state index >= 15 is 0 Å². The monoisotopic (exact) mass is 313 g/mol.